The van der Waals surface area contributed by atoms with Gasteiger partial charge in [0.15, 0.2) is 6.10 Å². The number of aromatic nitrogens is 1. The normalized spacial score (nSPS) is 11.6. The van der Waals surface area contributed by atoms with Crippen molar-refractivity contribution < 1.29 is 28.7 Å². The van der Waals surface area contributed by atoms with Gasteiger partial charge in [0.2, 0.25) is 5.78 Å². The third kappa shape index (κ3) is 5.14. The molecule has 0 fully saturated rings. The second-order valence-corrected chi connectivity index (χ2v) is 7.53. The lowest BCUT2D eigenvalue weighted by atomic mass is 10.1. The van der Waals surface area contributed by atoms with Gasteiger partial charge in [-0.25, -0.2) is 9.59 Å². The topological polar surface area (TPSA) is 103 Å². The van der Waals surface area contributed by atoms with E-state index in [0.717, 1.165) is 0 Å². The average molecular weight is 417 g/mol. The molecule has 1 aromatic heterocycles. The lowest BCUT2D eigenvalue weighted by molar-refractivity contribution is -0.114. The van der Waals surface area contributed by atoms with Crippen LogP contribution in [0.25, 0.3) is 0 Å². The molecular weight excluding hydrogens is 394 g/mol. The summed E-state index contributed by atoms with van der Waals surface area (Å²) in [5.74, 6) is -1.44. The van der Waals surface area contributed by atoms with Crippen molar-refractivity contribution in [1.29, 1.82) is 0 Å². The minimum atomic E-state index is -1.07. The fourth-order valence-electron chi connectivity index (χ4n) is 2.83. The number of ether oxygens (including phenoxy) is 2. The third-order valence-corrected chi connectivity index (χ3v) is 5.48. The number of benzene rings is 1. The summed E-state index contributed by atoms with van der Waals surface area (Å²) >= 11 is 1.24. The number of hydrogen-bond acceptors (Lipinski definition) is 7. The van der Waals surface area contributed by atoms with Gasteiger partial charge in [0.1, 0.15) is 5.78 Å². The highest BCUT2D eigenvalue weighted by molar-refractivity contribution is 8.00. The minimum Gasteiger partial charge on any atom is -0.465 e. The highest BCUT2D eigenvalue weighted by Crippen LogP contribution is 2.25. The molecule has 2 rings (SSSR count). The third-order valence-electron chi connectivity index (χ3n) is 4.26. The van der Waals surface area contributed by atoms with Crippen LogP contribution in [0.2, 0.25) is 0 Å². The molecule has 0 bridgehead atoms. The molecule has 0 radical (unpaired) electrons. The zero-order valence-corrected chi connectivity index (χ0v) is 17.8. The van der Waals surface area contributed by atoms with Crippen LogP contribution in [-0.2, 0) is 14.3 Å². The average Bonchev–Trinajstić information content (AvgIpc) is 2.99. The SMILES string of the molecule is COC(=O)c1c(C)[nH]c(C(=O)[C@@H](C)OC(=O)c2ccccc2SCC(C)=O)c1C. The maximum atomic E-state index is 12.8. The van der Waals surface area contributed by atoms with Crippen molar-refractivity contribution >= 4 is 35.3 Å². The Kier molecular flexibility index (Phi) is 7.39. The van der Waals surface area contributed by atoms with Crippen molar-refractivity contribution in [2.75, 3.05) is 12.9 Å². The van der Waals surface area contributed by atoms with E-state index >= 15 is 0 Å². The van der Waals surface area contributed by atoms with Crippen LogP contribution in [0.5, 0.6) is 0 Å². The number of thioether (sulfide) groups is 1. The molecule has 29 heavy (non-hydrogen) atoms. The molecule has 7 nitrogen and oxygen atoms in total. The van der Waals surface area contributed by atoms with E-state index in [4.69, 9.17) is 9.47 Å². The zero-order chi connectivity index (χ0) is 21.7. The summed E-state index contributed by atoms with van der Waals surface area (Å²) in [4.78, 5) is 52.0. The van der Waals surface area contributed by atoms with E-state index in [1.165, 1.54) is 32.7 Å². The molecule has 2 aromatic rings. The van der Waals surface area contributed by atoms with Crippen LogP contribution in [0.4, 0.5) is 0 Å². The van der Waals surface area contributed by atoms with Gasteiger partial charge in [0, 0.05) is 10.6 Å². The number of aromatic amines is 1. The van der Waals surface area contributed by atoms with E-state index in [0.29, 0.717) is 21.7 Å². The lowest BCUT2D eigenvalue weighted by Gasteiger charge is -2.14. The second kappa shape index (κ2) is 9.56. The summed E-state index contributed by atoms with van der Waals surface area (Å²) in [6, 6.07) is 6.74. The predicted molar refractivity (Wildman–Crippen MR) is 109 cm³/mol. The van der Waals surface area contributed by atoms with Crippen LogP contribution in [0.15, 0.2) is 29.2 Å². The maximum absolute atomic E-state index is 12.8. The summed E-state index contributed by atoms with van der Waals surface area (Å²) in [6.07, 6.45) is -1.07. The van der Waals surface area contributed by atoms with E-state index in [9.17, 15) is 19.2 Å². The van der Waals surface area contributed by atoms with Crippen LogP contribution in [0.3, 0.4) is 0 Å². The molecule has 0 aliphatic carbocycles. The van der Waals surface area contributed by atoms with E-state index in [1.807, 2.05) is 0 Å². The van der Waals surface area contributed by atoms with Gasteiger partial charge in [-0.2, -0.15) is 0 Å². The van der Waals surface area contributed by atoms with Gasteiger partial charge in [-0.05, 0) is 45.4 Å². The van der Waals surface area contributed by atoms with Gasteiger partial charge >= 0.3 is 11.9 Å². The number of carbonyl (C=O) groups is 4. The second-order valence-electron chi connectivity index (χ2n) is 6.52. The fourth-order valence-corrected chi connectivity index (χ4v) is 3.67. The molecule has 1 atom stereocenters. The Morgan fingerprint density at radius 2 is 1.76 bits per heavy atom. The molecule has 0 amide bonds. The number of Topliss-reactive ketones (excluding diaryl/α,β-unsaturated/α-hetero) is 2. The van der Waals surface area contributed by atoms with Crippen LogP contribution in [0, 0.1) is 13.8 Å². The first-order chi connectivity index (χ1) is 13.7. The van der Waals surface area contributed by atoms with Gasteiger partial charge in [0.25, 0.3) is 0 Å². The highest BCUT2D eigenvalue weighted by Gasteiger charge is 2.28. The Hall–Kier alpha value is -2.87. The Morgan fingerprint density at radius 1 is 1.10 bits per heavy atom. The number of esters is 2. The van der Waals surface area contributed by atoms with Gasteiger partial charge in [-0.3, -0.25) is 9.59 Å². The number of aryl methyl sites for hydroxylation is 1. The number of carbonyl (C=O) groups excluding carboxylic acids is 4. The first-order valence-electron chi connectivity index (χ1n) is 8.91. The molecule has 8 heteroatoms. The monoisotopic (exact) mass is 417 g/mol. The van der Waals surface area contributed by atoms with Gasteiger partial charge in [0.05, 0.1) is 29.7 Å². The largest absolute Gasteiger partial charge is 0.465 e. The van der Waals surface area contributed by atoms with Crippen LogP contribution in [0.1, 0.15) is 56.3 Å². The minimum absolute atomic E-state index is 0.0132. The van der Waals surface area contributed by atoms with Crippen molar-refractivity contribution in [2.45, 2.75) is 38.7 Å². The Balaban J connectivity index is 2.20. The molecule has 0 aliphatic rings. The number of ketones is 2. The molecule has 1 N–H and O–H groups in total. The number of nitrogens with one attached hydrogen (secondary N) is 1. The summed E-state index contributed by atoms with van der Waals surface area (Å²) < 4.78 is 10.1. The quantitative estimate of drug-likeness (QED) is 0.398. The number of hydrogen-bond donors (Lipinski definition) is 1. The van der Waals surface area contributed by atoms with Crippen LogP contribution in [-0.4, -0.2) is 47.5 Å². The summed E-state index contributed by atoms with van der Waals surface area (Å²) in [5, 5.41) is 0. The zero-order valence-electron chi connectivity index (χ0n) is 17.0. The van der Waals surface area contributed by atoms with Crippen LogP contribution < -0.4 is 0 Å². The van der Waals surface area contributed by atoms with Crippen molar-refractivity contribution in [3.05, 3.63) is 52.3 Å². The molecule has 154 valence electrons. The number of H-pyrrole nitrogens is 1. The van der Waals surface area contributed by atoms with Crippen LogP contribution >= 0.6 is 11.8 Å². The summed E-state index contributed by atoms with van der Waals surface area (Å²) in [7, 11) is 1.27. The fraction of sp³-hybridized carbons (Fsp3) is 0.333. The van der Waals surface area contributed by atoms with E-state index in [2.05, 4.69) is 4.98 Å². The Morgan fingerprint density at radius 3 is 2.38 bits per heavy atom. The molecular formula is C21H23NO6S. The first kappa shape index (κ1) is 22.4. The number of methoxy groups -OCH3 is 1. The molecule has 0 aliphatic heterocycles. The molecule has 1 aromatic carbocycles. The van der Waals surface area contributed by atoms with Crippen molar-refractivity contribution in [2.24, 2.45) is 0 Å². The maximum Gasteiger partial charge on any atom is 0.339 e. The van der Waals surface area contributed by atoms with E-state index in [1.54, 1.807) is 38.1 Å². The Labute approximate surface area is 173 Å². The van der Waals surface area contributed by atoms with Gasteiger partial charge < -0.3 is 14.5 Å². The molecule has 0 saturated carbocycles. The standard InChI is InChI=1S/C21H23NO6S/c1-11(23)10-29-16-9-7-6-8-15(16)20(25)28-14(4)19(24)18-12(2)17(13(3)22-18)21(26)27-5/h6-9,14,22H,10H2,1-5H3/t14-/m1/s1. The van der Waals surface area contributed by atoms with Gasteiger partial charge in [-0.1, -0.05) is 12.1 Å². The summed E-state index contributed by atoms with van der Waals surface area (Å²) in [5.41, 5.74) is 1.72. The molecule has 0 spiro atoms. The smallest absolute Gasteiger partial charge is 0.339 e. The number of rotatable bonds is 8. The van der Waals surface area contributed by atoms with Gasteiger partial charge in [-0.15, -0.1) is 11.8 Å². The van der Waals surface area contributed by atoms with Crippen molar-refractivity contribution in [1.82, 2.24) is 4.98 Å². The highest BCUT2D eigenvalue weighted by atomic mass is 32.2. The molecule has 0 saturated heterocycles. The molecule has 0 unspecified atom stereocenters. The summed E-state index contributed by atoms with van der Waals surface area (Å²) in [6.45, 7) is 6.23. The predicted octanol–water partition coefficient (Wildman–Crippen LogP) is 3.53. The van der Waals surface area contributed by atoms with E-state index in [-0.39, 0.29) is 22.8 Å². The molecule has 1 heterocycles. The first-order valence-corrected chi connectivity index (χ1v) is 9.89. The van der Waals surface area contributed by atoms with Crippen molar-refractivity contribution in [3.63, 3.8) is 0 Å². The lowest BCUT2D eigenvalue weighted by Crippen LogP contribution is -2.25. The van der Waals surface area contributed by atoms with Crippen molar-refractivity contribution in [3.8, 4) is 0 Å². The Bertz CT molecular complexity index is 962. The van der Waals surface area contributed by atoms with E-state index < -0.39 is 23.8 Å².